The zero-order valence-electron chi connectivity index (χ0n) is 13.5. The lowest BCUT2D eigenvalue weighted by Crippen LogP contribution is -2.21. The van der Waals surface area contributed by atoms with Crippen LogP contribution in [0.1, 0.15) is 62.0 Å². The Morgan fingerprint density at radius 1 is 1.22 bits per heavy atom. The Bertz CT molecular complexity index is 655. The molecule has 0 radical (unpaired) electrons. The summed E-state index contributed by atoms with van der Waals surface area (Å²) >= 11 is 1.46. The highest BCUT2D eigenvalue weighted by Gasteiger charge is 2.22. The zero-order chi connectivity index (χ0) is 15.6. The molecule has 7 heteroatoms. The van der Waals surface area contributed by atoms with Crippen LogP contribution < -0.4 is 5.32 Å². The van der Waals surface area contributed by atoms with Gasteiger partial charge in [0.05, 0.1) is 23.6 Å². The van der Waals surface area contributed by atoms with Crippen LogP contribution in [0.5, 0.6) is 0 Å². The Morgan fingerprint density at radius 2 is 2.00 bits per heavy atom. The van der Waals surface area contributed by atoms with Crippen molar-refractivity contribution in [2.75, 3.05) is 18.5 Å². The topological polar surface area (TPSA) is 64.9 Å². The normalized spacial score (nSPS) is 20.2. The first kappa shape index (κ1) is 15.1. The first-order chi connectivity index (χ1) is 11.3. The maximum atomic E-state index is 5.44. The number of hydrogen-bond acceptors (Lipinski definition) is 6. The summed E-state index contributed by atoms with van der Waals surface area (Å²) in [6, 6.07) is 0.447. The van der Waals surface area contributed by atoms with Gasteiger partial charge < -0.3 is 10.1 Å². The first-order valence-electron chi connectivity index (χ1n) is 8.54. The number of anilines is 2. The van der Waals surface area contributed by atoms with Crippen LogP contribution in [0.4, 0.5) is 10.8 Å². The van der Waals surface area contributed by atoms with Gasteiger partial charge in [-0.05, 0) is 32.6 Å². The van der Waals surface area contributed by atoms with Gasteiger partial charge in [-0.1, -0.05) is 12.8 Å². The van der Waals surface area contributed by atoms with E-state index in [-0.39, 0.29) is 0 Å². The highest BCUT2D eigenvalue weighted by Crippen LogP contribution is 2.34. The van der Waals surface area contributed by atoms with Gasteiger partial charge in [-0.3, -0.25) is 4.68 Å². The average molecular weight is 333 g/mol. The molecule has 0 amide bonds. The zero-order valence-corrected chi connectivity index (χ0v) is 14.3. The minimum atomic E-state index is 0.447. The first-order valence-corrected chi connectivity index (χ1v) is 9.31. The summed E-state index contributed by atoms with van der Waals surface area (Å²) in [5.74, 6) is 1.58. The molecule has 1 saturated heterocycles. The van der Waals surface area contributed by atoms with E-state index < -0.39 is 0 Å². The van der Waals surface area contributed by atoms with Crippen molar-refractivity contribution in [1.29, 1.82) is 0 Å². The molecule has 1 N–H and O–H groups in total. The summed E-state index contributed by atoms with van der Waals surface area (Å²) < 4.78 is 12.1. The van der Waals surface area contributed by atoms with E-state index in [4.69, 9.17) is 4.74 Å². The van der Waals surface area contributed by atoms with Crippen molar-refractivity contribution in [3.63, 3.8) is 0 Å². The van der Waals surface area contributed by atoms with E-state index in [9.17, 15) is 0 Å². The predicted octanol–water partition coefficient (Wildman–Crippen LogP) is 3.80. The van der Waals surface area contributed by atoms with E-state index >= 15 is 0 Å². The third-order valence-electron chi connectivity index (χ3n) is 4.99. The van der Waals surface area contributed by atoms with Gasteiger partial charge in [-0.15, -0.1) is 0 Å². The van der Waals surface area contributed by atoms with E-state index in [1.807, 2.05) is 6.20 Å². The number of ether oxygens (including phenoxy) is 1. The molecular weight excluding hydrogens is 310 g/mol. The number of aromatic nitrogens is 4. The van der Waals surface area contributed by atoms with Gasteiger partial charge in [0.1, 0.15) is 5.82 Å². The van der Waals surface area contributed by atoms with Gasteiger partial charge in [0.2, 0.25) is 5.13 Å². The maximum absolute atomic E-state index is 5.44. The second kappa shape index (κ2) is 6.57. The fraction of sp³-hybridized carbons (Fsp3) is 0.688. The number of rotatable bonds is 4. The van der Waals surface area contributed by atoms with Crippen molar-refractivity contribution in [3.05, 3.63) is 17.7 Å². The van der Waals surface area contributed by atoms with Crippen molar-refractivity contribution >= 4 is 22.4 Å². The SMILES string of the molecule is Cc1c(Nc2nc(C3CCCC3)ns2)cnn1C1CCOCC1. The molecule has 0 bridgehead atoms. The minimum absolute atomic E-state index is 0.447. The van der Waals surface area contributed by atoms with Crippen LogP contribution in [0.2, 0.25) is 0 Å². The van der Waals surface area contributed by atoms with Gasteiger partial charge in [-0.25, -0.2) is 4.98 Å². The Balaban J connectivity index is 1.47. The van der Waals surface area contributed by atoms with Gasteiger partial charge >= 0.3 is 0 Å². The monoisotopic (exact) mass is 333 g/mol. The van der Waals surface area contributed by atoms with Gasteiger partial charge in [0.25, 0.3) is 0 Å². The van der Waals surface area contributed by atoms with Crippen molar-refractivity contribution in [2.24, 2.45) is 0 Å². The molecule has 1 aliphatic carbocycles. The molecule has 23 heavy (non-hydrogen) atoms. The summed E-state index contributed by atoms with van der Waals surface area (Å²) in [5, 5.41) is 8.86. The third kappa shape index (κ3) is 3.12. The van der Waals surface area contributed by atoms with Crippen molar-refractivity contribution in [3.8, 4) is 0 Å². The molecule has 2 aromatic rings. The van der Waals surface area contributed by atoms with Crippen LogP contribution in [-0.2, 0) is 4.74 Å². The van der Waals surface area contributed by atoms with Crippen LogP contribution in [-0.4, -0.2) is 32.4 Å². The van der Waals surface area contributed by atoms with Crippen LogP contribution in [0.15, 0.2) is 6.20 Å². The third-order valence-corrected chi connectivity index (χ3v) is 5.63. The van der Waals surface area contributed by atoms with E-state index in [1.54, 1.807) is 0 Å². The molecule has 2 aliphatic rings. The molecule has 1 saturated carbocycles. The molecule has 0 spiro atoms. The molecule has 0 unspecified atom stereocenters. The molecule has 0 atom stereocenters. The van der Waals surface area contributed by atoms with Crippen LogP contribution in [0.3, 0.4) is 0 Å². The molecule has 2 aromatic heterocycles. The number of nitrogens with zero attached hydrogens (tertiary/aromatic N) is 4. The number of hydrogen-bond donors (Lipinski definition) is 1. The summed E-state index contributed by atoms with van der Waals surface area (Å²) in [6.07, 6.45) is 9.06. The van der Waals surface area contributed by atoms with Crippen LogP contribution in [0, 0.1) is 6.92 Å². The molecule has 3 heterocycles. The van der Waals surface area contributed by atoms with E-state index in [0.29, 0.717) is 12.0 Å². The fourth-order valence-electron chi connectivity index (χ4n) is 3.59. The smallest absolute Gasteiger partial charge is 0.207 e. The quantitative estimate of drug-likeness (QED) is 0.922. The van der Waals surface area contributed by atoms with E-state index in [1.165, 1.54) is 37.2 Å². The Hall–Kier alpha value is -1.47. The largest absolute Gasteiger partial charge is 0.381 e. The van der Waals surface area contributed by atoms with E-state index in [2.05, 4.69) is 31.4 Å². The molecule has 4 rings (SSSR count). The predicted molar refractivity (Wildman–Crippen MR) is 90.5 cm³/mol. The highest BCUT2D eigenvalue weighted by atomic mass is 32.1. The molecule has 1 aliphatic heterocycles. The van der Waals surface area contributed by atoms with Crippen LogP contribution >= 0.6 is 11.5 Å². The second-order valence-corrected chi connectivity index (χ2v) is 7.25. The van der Waals surface area contributed by atoms with Gasteiger partial charge in [-0.2, -0.15) is 9.47 Å². The summed E-state index contributed by atoms with van der Waals surface area (Å²) in [7, 11) is 0. The van der Waals surface area contributed by atoms with Gasteiger partial charge in [0.15, 0.2) is 0 Å². The summed E-state index contributed by atoms with van der Waals surface area (Å²) in [6.45, 7) is 3.77. The number of nitrogens with one attached hydrogen (secondary N) is 1. The van der Waals surface area contributed by atoms with Crippen molar-refractivity contribution < 1.29 is 4.74 Å². The van der Waals surface area contributed by atoms with Crippen LogP contribution in [0.25, 0.3) is 0 Å². The molecular formula is C16H23N5OS. The Labute approximate surface area is 140 Å². The van der Waals surface area contributed by atoms with Gasteiger partial charge in [0, 0.05) is 30.7 Å². The Morgan fingerprint density at radius 3 is 2.78 bits per heavy atom. The average Bonchev–Trinajstić information content (AvgIpc) is 3.31. The summed E-state index contributed by atoms with van der Waals surface area (Å²) in [5.41, 5.74) is 2.19. The second-order valence-electron chi connectivity index (χ2n) is 6.50. The molecule has 6 nitrogen and oxygen atoms in total. The summed E-state index contributed by atoms with van der Waals surface area (Å²) in [4.78, 5) is 4.69. The molecule has 124 valence electrons. The lowest BCUT2D eigenvalue weighted by Gasteiger charge is -2.23. The lowest BCUT2D eigenvalue weighted by molar-refractivity contribution is 0.0657. The van der Waals surface area contributed by atoms with E-state index in [0.717, 1.165) is 48.4 Å². The van der Waals surface area contributed by atoms with Crippen molar-refractivity contribution in [1.82, 2.24) is 19.1 Å². The minimum Gasteiger partial charge on any atom is -0.381 e. The fourth-order valence-corrected chi connectivity index (χ4v) is 4.25. The Kier molecular flexibility index (Phi) is 4.31. The molecule has 0 aromatic carbocycles. The molecule has 2 fully saturated rings. The lowest BCUT2D eigenvalue weighted by atomic mass is 10.1. The standard InChI is InChI=1S/C16H23N5OS/c1-11-14(10-17-21(11)13-6-8-22-9-7-13)18-16-19-15(20-23-16)12-4-2-3-5-12/h10,12-13H,2-9H2,1H3,(H,18,19,20). The maximum Gasteiger partial charge on any atom is 0.207 e. The highest BCUT2D eigenvalue weighted by molar-refractivity contribution is 7.09. The van der Waals surface area contributed by atoms with Crippen molar-refractivity contribution in [2.45, 2.75) is 57.4 Å².